The highest BCUT2D eigenvalue weighted by molar-refractivity contribution is 7.14. The highest BCUT2D eigenvalue weighted by Gasteiger charge is 2.05. The fourth-order valence-electron chi connectivity index (χ4n) is 2.91. The van der Waals surface area contributed by atoms with Gasteiger partial charge in [0.05, 0.1) is 5.69 Å². The second kappa shape index (κ2) is 7.98. The topological polar surface area (TPSA) is 24.9 Å². The number of hydrogen-bond donors (Lipinski definition) is 1. The first kappa shape index (κ1) is 16.6. The van der Waals surface area contributed by atoms with E-state index in [1.807, 2.05) is 12.1 Å². The van der Waals surface area contributed by atoms with E-state index in [0.29, 0.717) is 0 Å². The van der Waals surface area contributed by atoms with Crippen LogP contribution in [0.4, 0.5) is 5.13 Å². The summed E-state index contributed by atoms with van der Waals surface area (Å²) in [6.45, 7) is 0.893. The number of aromatic nitrogens is 1. The van der Waals surface area contributed by atoms with E-state index in [4.69, 9.17) is 4.98 Å². The molecule has 128 valence electrons. The number of nitrogens with one attached hydrogen (secondary N) is 1. The van der Waals surface area contributed by atoms with Crippen molar-refractivity contribution in [1.82, 2.24) is 4.98 Å². The Kier molecular flexibility index (Phi) is 5.08. The Morgan fingerprint density at radius 2 is 1.31 bits per heavy atom. The van der Waals surface area contributed by atoms with Gasteiger partial charge in [-0.05, 0) is 23.1 Å². The molecule has 4 rings (SSSR count). The van der Waals surface area contributed by atoms with Crippen LogP contribution in [0.1, 0.15) is 5.56 Å². The summed E-state index contributed by atoms with van der Waals surface area (Å²) < 4.78 is 0. The van der Waals surface area contributed by atoms with E-state index in [0.717, 1.165) is 29.4 Å². The van der Waals surface area contributed by atoms with Gasteiger partial charge in [0.15, 0.2) is 5.13 Å². The lowest BCUT2D eigenvalue weighted by Gasteiger charge is -2.04. The predicted molar refractivity (Wildman–Crippen MR) is 112 cm³/mol. The van der Waals surface area contributed by atoms with Gasteiger partial charge in [-0.25, -0.2) is 4.98 Å². The maximum atomic E-state index is 4.72. The molecule has 0 bridgehead atoms. The van der Waals surface area contributed by atoms with Gasteiger partial charge in [-0.3, -0.25) is 0 Å². The second-order valence-electron chi connectivity index (χ2n) is 6.14. The normalized spacial score (nSPS) is 10.6. The van der Waals surface area contributed by atoms with Gasteiger partial charge in [-0.1, -0.05) is 84.9 Å². The summed E-state index contributed by atoms with van der Waals surface area (Å²) in [4.78, 5) is 4.72. The minimum absolute atomic E-state index is 0.893. The van der Waals surface area contributed by atoms with Crippen molar-refractivity contribution >= 4 is 16.5 Å². The van der Waals surface area contributed by atoms with Crippen LogP contribution in [0, 0.1) is 0 Å². The summed E-state index contributed by atoms with van der Waals surface area (Å²) in [5.41, 5.74) is 5.98. The summed E-state index contributed by atoms with van der Waals surface area (Å²) >= 11 is 1.66. The van der Waals surface area contributed by atoms with Crippen LogP contribution in [0.25, 0.3) is 22.4 Å². The largest absolute Gasteiger partial charge is 0.361 e. The van der Waals surface area contributed by atoms with Crippen LogP contribution in [0.15, 0.2) is 90.3 Å². The van der Waals surface area contributed by atoms with Gasteiger partial charge < -0.3 is 5.32 Å². The Hall–Kier alpha value is -2.91. The number of thiazole rings is 1. The first-order chi connectivity index (χ1) is 12.9. The third kappa shape index (κ3) is 4.01. The third-order valence-electron chi connectivity index (χ3n) is 4.32. The van der Waals surface area contributed by atoms with Crippen molar-refractivity contribution in [1.29, 1.82) is 0 Å². The van der Waals surface area contributed by atoms with E-state index in [-0.39, 0.29) is 0 Å². The van der Waals surface area contributed by atoms with Crippen LogP contribution in [0.3, 0.4) is 0 Å². The molecule has 0 spiro atoms. The highest BCUT2D eigenvalue weighted by Crippen LogP contribution is 2.27. The van der Waals surface area contributed by atoms with E-state index >= 15 is 0 Å². The number of nitrogens with zero attached hydrogens (tertiary/aromatic N) is 1. The van der Waals surface area contributed by atoms with E-state index in [1.165, 1.54) is 16.7 Å². The zero-order valence-corrected chi connectivity index (χ0v) is 15.2. The van der Waals surface area contributed by atoms with Crippen LogP contribution < -0.4 is 5.32 Å². The molecule has 4 aromatic rings. The molecule has 2 nitrogen and oxygen atoms in total. The van der Waals surface area contributed by atoms with Crippen molar-refractivity contribution in [2.75, 3.05) is 11.9 Å². The molecule has 0 saturated carbocycles. The molecule has 1 N–H and O–H groups in total. The average Bonchev–Trinajstić information content (AvgIpc) is 3.19. The summed E-state index contributed by atoms with van der Waals surface area (Å²) in [5, 5.41) is 6.52. The monoisotopic (exact) mass is 356 g/mol. The van der Waals surface area contributed by atoms with Gasteiger partial charge >= 0.3 is 0 Å². The molecule has 0 aliphatic rings. The lowest BCUT2D eigenvalue weighted by Crippen LogP contribution is -2.04. The molecular weight excluding hydrogens is 336 g/mol. The zero-order valence-electron chi connectivity index (χ0n) is 14.4. The van der Waals surface area contributed by atoms with Crippen molar-refractivity contribution < 1.29 is 0 Å². The first-order valence-electron chi connectivity index (χ1n) is 8.78. The Bertz CT molecular complexity index is 944. The molecule has 0 fully saturated rings. The van der Waals surface area contributed by atoms with Gasteiger partial charge in [0.1, 0.15) is 0 Å². The SMILES string of the molecule is c1ccc(CCNc2nc(-c3ccc(-c4ccccc4)cc3)cs2)cc1. The molecule has 0 amide bonds. The summed E-state index contributed by atoms with van der Waals surface area (Å²) in [6.07, 6.45) is 1.00. The van der Waals surface area contributed by atoms with Crippen LogP contribution in [-0.2, 0) is 6.42 Å². The Morgan fingerprint density at radius 1 is 0.692 bits per heavy atom. The Labute approximate surface area is 158 Å². The minimum atomic E-state index is 0.893. The minimum Gasteiger partial charge on any atom is -0.361 e. The molecule has 1 aromatic heterocycles. The maximum Gasteiger partial charge on any atom is 0.183 e. The molecule has 0 unspecified atom stereocenters. The molecule has 0 radical (unpaired) electrons. The fourth-order valence-corrected chi connectivity index (χ4v) is 3.66. The van der Waals surface area contributed by atoms with Gasteiger partial charge in [0.25, 0.3) is 0 Å². The molecule has 3 aromatic carbocycles. The molecular formula is C23H20N2S. The van der Waals surface area contributed by atoms with Gasteiger partial charge in [-0.2, -0.15) is 0 Å². The Morgan fingerprint density at radius 3 is 2.04 bits per heavy atom. The van der Waals surface area contributed by atoms with Crippen molar-refractivity contribution in [3.05, 3.63) is 95.9 Å². The van der Waals surface area contributed by atoms with Crippen LogP contribution in [0.5, 0.6) is 0 Å². The average molecular weight is 356 g/mol. The summed E-state index contributed by atoms with van der Waals surface area (Å²) in [6, 6.07) is 29.6. The first-order valence-corrected chi connectivity index (χ1v) is 9.66. The fraction of sp³-hybridized carbons (Fsp3) is 0.0870. The molecule has 0 atom stereocenters. The molecule has 3 heteroatoms. The lowest BCUT2D eigenvalue weighted by molar-refractivity contribution is 1.02. The highest BCUT2D eigenvalue weighted by atomic mass is 32.1. The van der Waals surface area contributed by atoms with E-state index in [1.54, 1.807) is 11.3 Å². The number of anilines is 1. The quantitative estimate of drug-likeness (QED) is 0.449. The van der Waals surface area contributed by atoms with Gasteiger partial charge in [0, 0.05) is 17.5 Å². The molecule has 0 aliphatic carbocycles. The van der Waals surface area contributed by atoms with Crippen molar-refractivity contribution in [3.63, 3.8) is 0 Å². The Balaban J connectivity index is 1.39. The molecule has 1 heterocycles. The van der Waals surface area contributed by atoms with Gasteiger partial charge in [0.2, 0.25) is 0 Å². The molecule has 0 saturated heterocycles. The van der Waals surface area contributed by atoms with Crippen molar-refractivity contribution in [3.8, 4) is 22.4 Å². The molecule has 26 heavy (non-hydrogen) atoms. The van der Waals surface area contributed by atoms with Crippen molar-refractivity contribution in [2.24, 2.45) is 0 Å². The van der Waals surface area contributed by atoms with Crippen molar-refractivity contribution in [2.45, 2.75) is 6.42 Å². The summed E-state index contributed by atoms with van der Waals surface area (Å²) in [7, 11) is 0. The van der Waals surface area contributed by atoms with Crippen LogP contribution >= 0.6 is 11.3 Å². The van der Waals surface area contributed by atoms with E-state index in [2.05, 4.69) is 83.5 Å². The number of rotatable bonds is 6. The number of hydrogen-bond acceptors (Lipinski definition) is 3. The summed E-state index contributed by atoms with van der Waals surface area (Å²) in [5.74, 6) is 0. The van der Waals surface area contributed by atoms with Gasteiger partial charge in [-0.15, -0.1) is 11.3 Å². The predicted octanol–water partition coefficient (Wildman–Crippen LogP) is 6.13. The zero-order chi connectivity index (χ0) is 17.6. The molecule has 0 aliphatic heterocycles. The van der Waals surface area contributed by atoms with Crippen LogP contribution in [0.2, 0.25) is 0 Å². The van der Waals surface area contributed by atoms with E-state index < -0.39 is 0 Å². The smallest absolute Gasteiger partial charge is 0.183 e. The number of benzene rings is 3. The van der Waals surface area contributed by atoms with Crippen LogP contribution in [-0.4, -0.2) is 11.5 Å². The third-order valence-corrected chi connectivity index (χ3v) is 5.12. The van der Waals surface area contributed by atoms with E-state index in [9.17, 15) is 0 Å². The standard InChI is InChI=1S/C23H20N2S/c1-3-7-18(8-4-1)15-16-24-23-25-22(17-26-23)21-13-11-20(12-14-21)19-9-5-2-6-10-19/h1-14,17H,15-16H2,(H,24,25). The maximum absolute atomic E-state index is 4.72. The second-order valence-corrected chi connectivity index (χ2v) is 7.00. The lowest BCUT2D eigenvalue weighted by atomic mass is 10.0.